The smallest absolute Gasteiger partial charge is 0.257 e. The van der Waals surface area contributed by atoms with Crippen LogP contribution in [0.1, 0.15) is 24.2 Å². The Hall–Kier alpha value is -1.09. The topological polar surface area (TPSA) is 20.3 Å². The van der Waals surface area contributed by atoms with Crippen molar-refractivity contribution in [1.82, 2.24) is 4.90 Å². The zero-order chi connectivity index (χ0) is 12.3. The molecule has 1 amide bonds. The summed E-state index contributed by atoms with van der Waals surface area (Å²) in [7, 11) is 1.62. The summed E-state index contributed by atoms with van der Waals surface area (Å²) in [6.07, 6.45) is 0. The van der Waals surface area contributed by atoms with Crippen LogP contribution in [0.25, 0.3) is 0 Å². The minimum absolute atomic E-state index is 0.0724. The Kier molecular flexibility index (Phi) is 3.92. The number of hydrogen-bond acceptors (Lipinski definition) is 1. The number of benzene rings is 1. The third-order valence-electron chi connectivity index (χ3n) is 2.64. The quantitative estimate of drug-likeness (QED) is 0.748. The molecule has 0 aliphatic rings. The van der Waals surface area contributed by atoms with Crippen LogP contribution in [0.4, 0.5) is 4.39 Å². The molecule has 1 aromatic rings. The van der Waals surface area contributed by atoms with Crippen LogP contribution in [0, 0.1) is 5.82 Å². The highest BCUT2D eigenvalue weighted by Crippen LogP contribution is 2.18. The average Bonchev–Trinajstić information content (AvgIpc) is 2.27. The fourth-order valence-corrected chi connectivity index (χ4v) is 1.36. The van der Waals surface area contributed by atoms with Gasteiger partial charge in [0.2, 0.25) is 0 Å². The van der Waals surface area contributed by atoms with Crippen molar-refractivity contribution in [1.29, 1.82) is 0 Å². The van der Waals surface area contributed by atoms with Crippen molar-refractivity contribution in [2.24, 2.45) is 0 Å². The highest BCUT2D eigenvalue weighted by Gasteiger charge is 2.28. The lowest BCUT2D eigenvalue weighted by atomic mass is 10.0. The molecule has 0 heterocycles. The van der Waals surface area contributed by atoms with Crippen molar-refractivity contribution in [2.75, 3.05) is 12.9 Å². The van der Waals surface area contributed by atoms with E-state index in [0.717, 1.165) is 0 Å². The van der Waals surface area contributed by atoms with Crippen LogP contribution in [0.3, 0.4) is 0 Å². The van der Waals surface area contributed by atoms with Gasteiger partial charge in [0.05, 0.1) is 11.1 Å². The monoisotopic (exact) mass is 243 g/mol. The Labute approximate surface area is 100 Å². The van der Waals surface area contributed by atoms with Crippen molar-refractivity contribution < 1.29 is 9.18 Å². The van der Waals surface area contributed by atoms with Crippen molar-refractivity contribution in [3.8, 4) is 0 Å². The Bertz CT molecular complexity index is 392. The number of carbonyl (C=O) groups excluding carboxylic acids is 1. The molecule has 0 fully saturated rings. The van der Waals surface area contributed by atoms with Gasteiger partial charge in [0.25, 0.3) is 5.91 Å². The molecule has 0 saturated heterocycles. The van der Waals surface area contributed by atoms with Crippen LogP contribution in [-0.4, -0.2) is 29.3 Å². The summed E-state index contributed by atoms with van der Waals surface area (Å²) in [5.41, 5.74) is -0.427. The molecule has 0 aromatic heterocycles. The van der Waals surface area contributed by atoms with E-state index in [9.17, 15) is 9.18 Å². The van der Waals surface area contributed by atoms with Gasteiger partial charge in [-0.1, -0.05) is 12.1 Å². The van der Waals surface area contributed by atoms with E-state index in [2.05, 4.69) is 0 Å². The number of halogens is 2. The molecule has 4 heteroatoms. The van der Waals surface area contributed by atoms with Gasteiger partial charge in [0.15, 0.2) is 0 Å². The number of nitrogens with zero attached hydrogens (tertiary/aromatic N) is 1. The Morgan fingerprint density at radius 1 is 1.44 bits per heavy atom. The highest BCUT2D eigenvalue weighted by molar-refractivity contribution is 6.18. The molecule has 0 aliphatic carbocycles. The summed E-state index contributed by atoms with van der Waals surface area (Å²) in [4.78, 5) is 13.5. The van der Waals surface area contributed by atoms with E-state index in [-0.39, 0.29) is 11.5 Å². The first-order chi connectivity index (χ1) is 7.40. The second kappa shape index (κ2) is 4.83. The minimum atomic E-state index is -0.510. The zero-order valence-corrected chi connectivity index (χ0v) is 10.4. The van der Waals surface area contributed by atoms with Crippen LogP contribution in [0.2, 0.25) is 0 Å². The van der Waals surface area contributed by atoms with Gasteiger partial charge in [-0.05, 0) is 26.0 Å². The zero-order valence-electron chi connectivity index (χ0n) is 9.63. The van der Waals surface area contributed by atoms with Gasteiger partial charge >= 0.3 is 0 Å². The van der Waals surface area contributed by atoms with Crippen LogP contribution < -0.4 is 0 Å². The number of rotatable bonds is 3. The van der Waals surface area contributed by atoms with E-state index >= 15 is 0 Å². The van der Waals surface area contributed by atoms with Crippen LogP contribution in [0.15, 0.2) is 24.3 Å². The van der Waals surface area contributed by atoms with Crippen LogP contribution in [0.5, 0.6) is 0 Å². The van der Waals surface area contributed by atoms with Gasteiger partial charge in [-0.3, -0.25) is 4.79 Å². The SMILES string of the molecule is CN(C(=O)c1ccccc1F)C(C)(C)CCl. The largest absolute Gasteiger partial charge is 0.335 e. The maximum Gasteiger partial charge on any atom is 0.257 e. The summed E-state index contributed by atoms with van der Waals surface area (Å²) >= 11 is 5.77. The Balaban J connectivity index is 3.00. The second-order valence-electron chi connectivity index (χ2n) is 4.29. The van der Waals surface area contributed by atoms with Crippen molar-refractivity contribution in [2.45, 2.75) is 19.4 Å². The van der Waals surface area contributed by atoms with Crippen molar-refractivity contribution >= 4 is 17.5 Å². The average molecular weight is 244 g/mol. The summed E-state index contributed by atoms with van der Waals surface area (Å²) in [6.45, 7) is 3.66. The number of hydrogen-bond donors (Lipinski definition) is 0. The third-order valence-corrected chi connectivity index (χ3v) is 3.30. The molecule has 0 N–H and O–H groups in total. The predicted molar refractivity (Wildman–Crippen MR) is 63.3 cm³/mol. The lowest BCUT2D eigenvalue weighted by Crippen LogP contribution is -2.46. The van der Waals surface area contributed by atoms with Gasteiger partial charge in [0, 0.05) is 12.9 Å². The number of alkyl halides is 1. The van der Waals surface area contributed by atoms with Gasteiger partial charge < -0.3 is 4.90 Å². The fraction of sp³-hybridized carbons (Fsp3) is 0.417. The standard InChI is InChI=1S/C12H15ClFNO/c1-12(2,8-13)15(3)11(16)9-6-4-5-7-10(9)14/h4-7H,8H2,1-3H3. The molecule has 0 saturated carbocycles. The summed E-state index contributed by atoms with van der Waals surface area (Å²) in [5.74, 6) is -0.572. The molecule has 88 valence electrons. The van der Waals surface area contributed by atoms with E-state index in [1.54, 1.807) is 19.2 Å². The predicted octanol–water partition coefficient (Wildman–Crippen LogP) is 2.92. The van der Waals surface area contributed by atoms with E-state index in [0.29, 0.717) is 5.88 Å². The molecule has 0 unspecified atom stereocenters. The van der Waals surface area contributed by atoms with Crippen LogP contribution >= 0.6 is 11.6 Å². The number of carbonyl (C=O) groups is 1. The molecular formula is C12H15ClFNO. The van der Waals surface area contributed by atoms with Gasteiger partial charge in [-0.25, -0.2) is 4.39 Å². The van der Waals surface area contributed by atoms with E-state index in [1.807, 2.05) is 13.8 Å². The molecule has 1 rings (SSSR count). The van der Waals surface area contributed by atoms with Crippen LogP contribution in [-0.2, 0) is 0 Å². The molecule has 0 spiro atoms. The van der Waals surface area contributed by atoms with Crippen molar-refractivity contribution in [3.63, 3.8) is 0 Å². The number of amides is 1. The molecular weight excluding hydrogens is 229 g/mol. The molecule has 0 atom stereocenters. The van der Waals surface area contributed by atoms with E-state index < -0.39 is 11.4 Å². The fourth-order valence-electron chi connectivity index (χ4n) is 1.18. The van der Waals surface area contributed by atoms with E-state index in [4.69, 9.17) is 11.6 Å². The Morgan fingerprint density at radius 2 is 2.00 bits per heavy atom. The molecule has 2 nitrogen and oxygen atoms in total. The van der Waals surface area contributed by atoms with Gasteiger partial charge in [0.1, 0.15) is 5.82 Å². The first-order valence-electron chi connectivity index (χ1n) is 4.99. The highest BCUT2D eigenvalue weighted by atomic mass is 35.5. The van der Waals surface area contributed by atoms with E-state index in [1.165, 1.54) is 17.0 Å². The van der Waals surface area contributed by atoms with Gasteiger partial charge in [-0.15, -0.1) is 11.6 Å². The maximum absolute atomic E-state index is 13.4. The molecule has 0 aliphatic heterocycles. The van der Waals surface area contributed by atoms with Crippen molar-refractivity contribution in [3.05, 3.63) is 35.6 Å². The third kappa shape index (κ3) is 2.53. The first kappa shape index (κ1) is 13.0. The summed E-state index contributed by atoms with van der Waals surface area (Å²) in [5, 5.41) is 0. The lowest BCUT2D eigenvalue weighted by molar-refractivity contribution is 0.0655. The first-order valence-corrected chi connectivity index (χ1v) is 5.52. The molecule has 0 bridgehead atoms. The molecule has 0 radical (unpaired) electrons. The minimum Gasteiger partial charge on any atom is -0.335 e. The summed E-state index contributed by atoms with van der Waals surface area (Å²) in [6, 6.07) is 5.93. The normalized spacial score (nSPS) is 11.3. The second-order valence-corrected chi connectivity index (χ2v) is 4.56. The molecule has 1 aromatic carbocycles. The molecule has 16 heavy (non-hydrogen) atoms. The Morgan fingerprint density at radius 3 is 2.50 bits per heavy atom. The lowest BCUT2D eigenvalue weighted by Gasteiger charge is -2.34. The maximum atomic E-state index is 13.4. The summed E-state index contributed by atoms with van der Waals surface area (Å²) < 4.78 is 13.4. The van der Waals surface area contributed by atoms with Gasteiger partial charge in [-0.2, -0.15) is 0 Å².